The molecule has 0 radical (unpaired) electrons. The summed E-state index contributed by atoms with van der Waals surface area (Å²) in [6.07, 6.45) is 5.44. The van der Waals surface area contributed by atoms with Gasteiger partial charge < -0.3 is 14.3 Å². The summed E-state index contributed by atoms with van der Waals surface area (Å²) in [5, 5.41) is 3.35. The summed E-state index contributed by atoms with van der Waals surface area (Å²) in [6, 6.07) is 13.9. The zero-order valence-corrected chi connectivity index (χ0v) is 13.1. The normalized spacial score (nSPS) is 11.0. The van der Waals surface area contributed by atoms with Crippen LogP contribution in [0.3, 0.4) is 0 Å². The summed E-state index contributed by atoms with van der Waals surface area (Å²) >= 11 is 0. The van der Waals surface area contributed by atoms with Crippen molar-refractivity contribution in [3.63, 3.8) is 0 Å². The zero-order chi connectivity index (χ0) is 16.5. The van der Waals surface area contributed by atoms with E-state index in [2.05, 4.69) is 34.6 Å². The van der Waals surface area contributed by atoms with Crippen molar-refractivity contribution in [3.8, 4) is 5.69 Å². The zero-order valence-electron chi connectivity index (χ0n) is 13.1. The Hall–Kier alpha value is -3.28. The molecule has 0 spiro atoms. The minimum absolute atomic E-state index is 0.350. The van der Waals surface area contributed by atoms with Crippen LogP contribution in [0.4, 0.5) is 5.69 Å². The van der Waals surface area contributed by atoms with Crippen LogP contribution in [-0.4, -0.2) is 14.1 Å². The third-order valence-corrected chi connectivity index (χ3v) is 4.03. The number of imidazole rings is 1. The molecule has 4 rings (SSSR count). The fourth-order valence-corrected chi connectivity index (χ4v) is 2.65. The van der Waals surface area contributed by atoms with Gasteiger partial charge in [-0.2, -0.15) is 0 Å². The molecule has 0 aliphatic heterocycles. The Kier molecular flexibility index (Phi) is 3.42. The number of aryl methyl sites for hydroxylation is 1. The van der Waals surface area contributed by atoms with E-state index in [1.54, 1.807) is 19.6 Å². The molecule has 0 fully saturated rings. The Balaban J connectivity index is 1.49. The fraction of sp³-hybridized carbons (Fsp3) is 0.111. The van der Waals surface area contributed by atoms with Gasteiger partial charge >= 0.3 is 5.76 Å². The molecule has 6 nitrogen and oxygen atoms in total. The molecule has 2 heterocycles. The van der Waals surface area contributed by atoms with Crippen LogP contribution in [0.2, 0.25) is 0 Å². The average molecular weight is 320 g/mol. The highest BCUT2D eigenvalue weighted by atomic mass is 16.4. The van der Waals surface area contributed by atoms with E-state index in [1.807, 2.05) is 29.0 Å². The van der Waals surface area contributed by atoms with Crippen molar-refractivity contribution in [1.82, 2.24) is 14.1 Å². The van der Waals surface area contributed by atoms with Gasteiger partial charge in [0.2, 0.25) is 0 Å². The van der Waals surface area contributed by atoms with Crippen molar-refractivity contribution in [1.29, 1.82) is 0 Å². The fourth-order valence-electron chi connectivity index (χ4n) is 2.65. The largest absolute Gasteiger partial charge is 0.419 e. The first-order valence-electron chi connectivity index (χ1n) is 7.61. The van der Waals surface area contributed by atoms with E-state index in [1.165, 1.54) is 4.57 Å². The minimum atomic E-state index is -0.350. The molecule has 0 atom stereocenters. The molecular formula is C18H16N4O2. The molecule has 6 heteroatoms. The molecule has 0 saturated heterocycles. The standard InChI is InChI=1S/C18H16N4O2/c1-21-16-7-4-14(10-17(16)24-18(21)23)20-11-13-2-5-15(6-3-13)22-9-8-19-12-22/h2-10,12,20H,11H2,1H3. The maximum absolute atomic E-state index is 11.5. The highest BCUT2D eigenvalue weighted by Crippen LogP contribution is 2.18. The van der Waals surface area contributed by atoms with Gasteiger partial charge in [0.15, 0.2) is 5.58 Å². The maximum atomic E-state index is 11.5. The molecule has 1 N–H and O–H groups in total. The van der Waals surface area contributed by atoms with E-state index in [-0.39, 0.29) is 5.76 Å². The lowest BCUT2D eigenvalue weighted by Crippen LogP contribution is -2.08. The molecule has 0 unspecified atom stereocenters. The van der Waals surface area contributed by atoms with Gasteiger partial charge in [-0.1, -0.05) is 12.1 Å². The number of rotatable bonds is 4. The predicted octanol–water partition coefficient (Wildman–Crippen LogP) is 2.93. The first-order chi connectivity index (χ1) is 11.7. The second-order valence-corrected chi connectivity index (χ2v) is 5.60. The number of nitrogens with zero attached hydrogens (tertiary/aromatic N) is 3. The first-order valence-corrected chi connectivity index (χ1v) is 7.61. The Morgan fingerprint density at radius 2 is 2.00 bits per heavy atom. The molecule has 0 amide bonds. The maximum Gasteiger partial charge on any atom is 0.419 e. The summed E-state index contributed by atoms with van der Waals surface area (Å²) in [5.74, 6) is -0.350. The lowest BCUT2D eigenvalue weighted by molar-refractivity contribution is 0.528. The van der Waals surface area contributed by atoms with E-state index in [0.717, 1.165) is 22.5 Å². The molecule has 4 aromatic rings. The van der Waals surface area contributed by atoms with Crippen LogP contribution in [0.25, 0.3) is 16.8 Å². The van der Waals surface area contributed by atoms with Crippen molar-refractivity contribution in [2.75, 3.05) is 5.32 Å². The topological polar surface area (TPSA) is 65.0 Å². The molecule has 24 heavy (non-hydrogen) atoms. The molecule has 120 valence electrons. The van der Waals surface area contributed by atoms with Crippen molar-refractivity contribution < 1.29 is 4.42 Å². The molecule has 0 aliphatic carbocycles. The van der Waals surface area contributed by atoms with Gasteiger partial charge in [0, 0.05) is 43.4 Å². The lowest BCUT2D eigenvalue weighted by Gasteiger charge is -2.08. The van der Waals surface area contributed by atoms with E-state index >= 15 is 0 Å². The molecular weight excluding hydrogens is 304 g/mol. The summed E-state index contributed by atoms with van der Waals surface area (Å²) in [5.41, 5.74) is 4.52. The molecule has 0 bridgehead atoms. The number of hydrogen-bond acceptors (Lipinski definition) is 4. The monoisotopic (exact) mass is 320 g/mol. The Morgan fingerprint density at radius 1 is 1.17 bits per heavy atom. The van der Waals surface area contributed by atoms with Crippen LogP contribution < -0.4 is 11.1 Å². The average Bonchev–Trinajstić information content (AvgIpc) is 3.23. The van der Waals surface area contributed by atoms with Crippen molar-refractivity contribution in [2.45, 2.75) is 6.54 Å². The Bertz CT molecular complexity index is 1030. The Labute approximate surface area is 138 Å². The van der Waals surface area contributed by atoms with Crippen molar-refractivity contribution >= 4 is 16.8 Å². The molecule has 2 aromatic carbocycles. The van der Waals surface area contributed by atoms with Crippen LogP contribution in [0, 0.1) is 0 Å². The van der Waals surface area contributed by atoms with Gasteiger partial charge in [0.1, 0.15) is 0 Å². The van der Waals surface area contributed by atoms with Crippen molar-refractivity contribution in [2.24, 2.45) is 7.05 Å². The van der Waals surface area contributed by atoms with E-state index in [0.29, 0.717) is 12.1 Å². The lowest BCUT2D eigenvalue weighted by atomic mass is 10.2. The van der Waals surface area contributed by atoms with E-state index in [9.17, 15) is 4.79 Å². The van der Waals surface area contributed by atoms with Crippen LogP contribution >= 0.6 is 0 Å². The third kappa shape index (κ3) is 2.58. The number of aromatic nitrogens is 3. The van der Waals surface area contributed by atoms with Gasteiger partial charge in [-0.3, -0.25) is 4.57 Å². The summed E-state index contributed by atoms with van der Waals surface area (Å²) in [7, 11) is 1.70. The van der Waals surface area contributed by atoms with Crippen LogP contribution in [0.5, 0.6) is 0 Å². The van der Waals surface area contributed by atoms with Gasteiger partial charge in [-0.15, -0.1) is 0 Å². The van der Waals surface area contributed by atoms with E-state index in [4.69, 9.17) is 4.42 Å². The predicted molar refractivity (Wildman–Crippen MR) is 92.3 cm³/mol. The van der Waals surface area contributed by atoms with Gasteiger partial charge in [-0.05, 0) is 29.8 Å². The first kappa shape index (κ1) is 14.3. The summed E-state index contributed by atoms with van der Waals surface area (Å²) in [4.78, 5) is 15.6. The van der Waals surface area contributed by atoms with Crippen molar-refractivity contribution in [3.05, 3.63) is 77.3 Å². The second-order valence-electron chi connectivity index (χ2n) is 5.60. The van der Waals surface area contributed by atoms with Gasteiger partial charge in [-0.25, -0.2) is 9.78 Å². The second kappa shape index (κ2) is 5.73. The van der Waals surface area contributed by atoms with Gasteiger partial charge in [0.05, 0.1) is 11.8 Å². The van der Waals surface area contributed by atoms with Gasteiger partial charge in [0.25, 0.3) is 0 Å². The number of benzene rings is 2. The number of nitrogens with one attached hydrogen (secondary N) is 1. The molecule has 0 saturated carbocycles. The van der Waals surface area contributed by atoms with Crippen LogP contribution in [0.15, 0.2) is 70.4 Å². The minimum Gasteiger partial charge on any atom is -0.408 e. The highest BCUT2D eigenvalue weighted by molar-refractivity contribution is 5.77. The van der Waals surface area contributed by atoms with E-state index < -0.39 is 0 Å². The summed E-state index contributed by atoms with van der Waals surface area (Å²) < 4.78 is 8.66. The SMILES string of the molecule is Cn1c(=O)oc2cc(NCc3ccc(-n4ccnc4)cc3)ccc21. The number of hydrogen-bond donors (Lipinski definition) is 1. The van der Waals surface area contributed by atoms with Crippen LogP contribution in [-0.2, 0) is 13.6 Å². The smallest absolute Gasteiger partial charge is 0.408 e. The molecule has 2 aromatic heterocycles. The quantitative estimate of drug-likeness (QED) is 0.628. The number of fused-ring (bicyclic) bond motifs is 1. The number of anilines is 1. The van der Waals surface area contributed by atoms with Crippen LogP contribution in [0.1, 0.15) is 5.56 Å². The number of oxazole rings is 1. The molecule has 0 aliphatic rings. The summed E-state index contributed by atoms with van der Waals surface area (Å²) in [6.45, 7) is 0.687. The highest BCUT2D eigenvalue weighted by Gasteiger charge is 2.06. The Morgan fingerprint density at radius 3 is 2.75 bits per heavy atom. The third-order valence-electron chi connectivity index (χ3n) is 4.03.